The molecule has 1 aliphatic rings. The smallest absolute Gasteiger partial charge is 0.235 e. The lowest BCUT2D eigenvalue weighted by Gasteiger charge is -2.33. The molecule has 7 heteroatoms. The highest BCUT2D eigenvalue weighted by molar-refractivity contribution is 8.00. The molecule has 0 aliphatic carbocycles. The summed E-state index contributed by atoms with van der Waals surface area (Å²) in [7, 11) is 0. The molecule has 158 valence electrons. The maximum Gasteiger partial charge on any atom is 0.235 e. The maximum absolute atomic E-state index is 13.1. The lowest BCUT2D eigenvalue weighted by atomic mass is 9.89. The Hall–Kier alpha value is -2.67. The van der Waals surface area contributed by atoms with E-state index < -0.39 is 0 Å². The number of rotatable bonds is 6. The molecule has 2 aromatic rings. The van der Waals surface area contributed by atoms with Crippen LogP contribution in [-0.4, -0.2) is 40.8 Å². The fourth-order valence-corrected chi connectivity index (χ4v) is 4.50. The van der Waals surface area contributed by atoms with Crippen molar-refractivity contribution < 1.29 is 18.8 Å². The van der Waals surface area contributed by atoms with Gasteiger partial charge in [0.05, 0.1) is 5.25 Å². The van der Waals surface area contributed by atoms with Crippen LogP contribution in [0.2, 0.25) is 0 Å². The monoisotopic (exact) mass is 428 g/mol. The molecule has 5 nitrogen and oxygen atoms in total. The molecule has 1 heterocycles. The highest BCUT2D eigenvalue weighted by Gasteiger charge is 2.30. The van der Waals surface area contributed by atoms with Crippen LogP contribution in [0.5, 0.6) is 0 Å². The number of halogens is 1. The summed E-state index contributed by atoms with van der Waals surface area (Å²) in [5.41, 5.74) is 1.24. The summed E-state index contributed by atoms with van der Waals surface area (Å²) in [6, 6.07) is 13.0. The summed E-state index contributed by atoms with van der Waals surface area (Å²) in [6.45, 7) is 4.43. The number of amides is 2. The Kier molecular flexibility index (Phi) is 7.26. The summed E-state index contributed by atoms with van der Waals surface area (Å²) < 4.78 is 13.1. The molecule has 3 rings (SSSR count). The van der Waals surface area contributed by atoms with Crippen molar-refractivity contribution in [2.24, 2.45) is 5.92 Å². The standard InChI is InChI=1S/C23H25FN2O3S/c1-15(30-21-9-7-20(8-10-21)25-16(2)27)23(29)26-13-11-18(12-14-26)22(28)17-3-5-19(24)6-4-17/h3-10,15,18H,11-14H2,1-2H3,(H,25,27). The molecule has 1 unspecified atom stereocenters. The van der Waals surface area contributed by atoms with Crippen molar-refractivity contribution in [3.8, 4) is 0 Å². The van der Waals surface area contributed by atoms with E-state index >= 15 is 0 Å². The molecule has 2 amide bonds. The van der Waals surface area contributed by atoms with Crippen LogP contribution in [0.15, 0.2) is 53.4 Å². The van der Waals surface area contributed by atoms with E-state index in [2.05, 4.69) is 5.32 Å². The number of likely N-dealkylation sites (tertiary alicyclic amines) is 1. The first-order valence-corrected chi connectivity index (χ1v) is 10.8. The fraction of sp³-hybridized carbons (Fsp3) is 0.348. The van der Waals surface area contributed by atoms with Crippen LogP contribution >= 0.6 is 11.8 Å². The molecular formula is C23H25FN2O3S. The average Bonchev–Trinajstić information content (AvgIpc) is 2.74. The lowest BCUT2D eigenvalue weighted by molar-refractivity contribution is -0.131. The van der Waals surface area contributed by atoms with Crippen LogP contribution in [0.3, 0.4) is 0 Å². The number of carbonyl (C=O) groups is 3. The number of piperidine rings is 1. The molecule has 30 heavy (non-hydrogen) atoms. The third-order valence-corrected chi connectivity index (χ3v) is 6.24. The second-order valence-corrected chi connectivity index (χ2v) is 8.85. The van der Waals surface area contributed by atoms with Crippen molar-refractivity contribution in [2.75, 3.05) is 18.4 Å². The quantitative estimate of drug-likeness (QED) is 0.548. The van der Waals surface area contributed by atoms with Gasteiger partial charge in [0.2, 0.25) is 11.8 Å². The Morgan fingerprint density at radius 1 is 1.03 bits per heavy atom. The van der Waals surface area contributed by atoms with E-state index in [0.29, 0.717) is 31.5 Å². The minimum Gasteiger partial charge on any atom is -0.342 e. The predicted molar refractivity (Wildman–Crippen MR) is 116 cm³/mol. The molecule has 0 spiro atoms. The van der Waals surface area contributed by atoms with E-state index in [0.717, 1.165) is 10.6 Å². The lowest BCUT2D eigenvalue weighted by Crippen LogP contribution is -2.43. The summed E-state index contributed by atoms with van der Waals surface area (Å²) in [5.74, 6) is -0.547. The second-order valence-electron chi connectivity index (χ2n) is 7.44. The number of Topliss-reactive ketones (excluding diaryl/α,β-unsaturated/α-hetero) is 1. The van der Waals surface area contributed by atoms with Crippen LogP contribution in [0.4, 0.5) is 10.1 Å². The zero-order valence-corrected chi connectivity index (χ0v) is 17.9. The van der Waals surface area contributed by atoms with Gasteiger partial charge in [-0.25, -0.2) is 4.39 Å². The van der Waals surface area contributed by atoms with E-state index in [-0.39, 0.29) is 34.6 Å². The van der Waals surface area contributed by atoms with E-state index in [1.54, 1.807) is 0 Å². The number of anilines is 1. The van der Waals surface area contributed by atoms with Crippen LogP contribution < -0.4 is 5.32 Å². The molecule has 2 aromatic carbocycles. The number of thioether (sulfide) groups is 1. The molecule has 0 aromatic heterocycles. The Balaban J connectivity index is 1.51. The van der Waals surface area contributed by atoms with E-state index in [4.69, 9.17) is 0 Å². The molecule has 1 atom stereocenters. The van der Waals surface area contributed by atoms with Gasteiger partial charge >= 0.3 is 0 Å². The van der Waals surface area contributed by atoms with E-state index in [1.807, 2.05) is 36.1 Å². The summed E-state index contributed by atoms with van der Waals surface area (Å²) >= 11 is 1.47. The first-order valence-electron chi connectivity index (χ1n) is 9.96. The van der Waals surface area contributed by atoms with Gasteiger partial charge in [-0.2, -0.15) is 0 Å². The highest BCUT2D eigenvalue weighted by Crippen LogP contribution is 2.28. The average molecular weight is 429 g/mol. The highest BCUT2D eigenvalue weighted by atomic mass is 32.2. The SMILES string of the molecule is CC(=O)Nc1ccc(SC(C)C(=O)N2CCC(C(=O)c3ccc(F)cc3)CC2)cc1. The van der Waals surface area contributed by atoms with Crippen molar-refractivity contribution >= 4 is 35.0 Å². The largest absolute Gasteiger partial charge is 0.342 e. The predicted octanol–water partition coefficient (Wildman–Crippen LogP) is 4.39. The van der Waals surface area contributed by atoms with Crippen molar-refractivity contribution in [1.29, 1.82) is 0 Å². The van der Waals surface area contributed by atoms with Gasteiger partial charge in [0, 0.05) is 42.1 Å². The number of nitrogens with one attached hydrogen (secondary N) is 1. The fourth-order valence-electron chi connectivity index (χ4n) is 3.54. The number of hydrogen-bond donors (Lipinski definition) is 1. The first kappa shape index (κ1) is 22.0. The Labute approximate surface area is 180 Å². The Bertz CT molecular complexity index is 907. The normalized spacial score (nSPS) is 15.5. The van der Waals surface area contributed by atoms with Crippen LogP contribution in [-0.2, 0) is 9.59 Å². The minimum absolute atomic E-state index is 0.0174. The third-order valence-electron chi connectivity index (χ3n) is 5.14. The number of benzene rings is 2. The molecular weight excluding hydrogens is 403 g/mol. The van der Waals surface area contributed by atoms with Crippen LogP contribution in [0.25, 0.3) is 0 Å². The molecule has 1 aliphatic heterocycles. The minimum atomic E-state index is -0.358. The summed E-state index contributed by atoms with van der Waals surface area (Å²) in [4.78, 5) is 39.3. The van der Waals surface area contributed by atoms with Gasteiger partial charge in [0.15, 0.2) is 5.78 Å². The van der Waals surface area contributed by atoms with Crippen molar-refractivity contribution in [3.63, 3.8) is 0 Å². The van der Waals surface area contributed by atoms with Gasteiger partial charge in [-0.05, 0) is 68.3 Å². The van der Waals surface area contributed by atoms with Gasteiger partial charge in [-0.3, -0.25) is 14.4 Å². The number of nitrogens with zero attached hydrogens (tertiary/aromatic N) is 1. The third kappa shape index (κ3) is 5.69. The van der Waals surface area contributed by atoms with Gasteiger partial charge in [-0.1, -0.05) is 0 Å². The van der Waals surface area contributed by atoms with Gasteiger partial charge in [0.1, 0.15) is 5.82 Å². The van der Waals surface area contributed by atoms with E-state index in [1.165, 1.54) is 43.0 Å². The number of ketones is 1. The van der Waals surface area contributed by atoms with Crippen molar-refractivity contribution in [2.45, 2.75) is 36.8 Å². The topological polar surface area (TPSA) is 66.5 Å². The van der Waals surface area contributed by atoms with Gasteiger partial charge in [0.25, 0.3) is 0 Å². The maximum atomic E-state index is 13.1. The zero-order chi connectivity index (χ0) is 21.7. The molecule has 1 N–H and O–H groups in total. The van der Waals surface area contributed by atoms with E-state index in [9.17, 15) is 18.8 Å². The van der Waals surface area contributed by atoms with Gasteiger partial charge < -0.3 is 10.2 Å². The van der Waals surface area contributed by atoms with Crippen LogP contribution in [0.1, 0.15) is 37.0 Å². The zero-order valence-electron chi connectivity index (χ0n) is 17.1. The van der Waals surface area contributed by atoms with Crippen molar-refractivity contribution in [3.05, 3.63) is 59.9 Å². The Morgan fingerprint density at radius 2 is 1.63 bits per heavy atom. The summed E-state index contributed by atoms with van der Waals surface area (Å²) in [5, 5.41) is 2.47. The van der Waals surface area contributed by atoms with Crippen LogP contribution in [0, 0.1) is 11.7 Å². The second kappa shape index (κ2) is 9.89. The molecule has 0 radical (unpaired) electrons. The van der Waals surface area contributed by atoms with Crippen molar-refractivity contribution in [1.82, 2.24) is 4.90 Å². The summed E-state index contributed by atoms with van der Waals surface area (Å²) in [6.07, 6.45) is 1.23. The molecule has 1 fully saturated rings. The first-order chi connectivity index (χ1) is 14.3. The molecule has 0 saturated carbocycles. The number of carbonyl (C=O) groups excluding carboxylic acids is 3. The van der Waals surface area contributed by atoms with Gasteiger partial charge in [-0.15, -0.1) is 11.8 Å². The Morgan fingerprint density at radius 3 is 2.20 bits per heavy atom. The number of hydrogen-bond acceptors (Lipinski definition) is 4. The molecule has 1 saturated heterocycles. The molecule has 0 bridgehead atoms.